The molecule has 3 nitrogen and oxygen atoms in total. The Morgan fingerprint density at radius 1 is 0.340 bits per heavy atom. The monoisotopic (exact) mass is 600 g/mol. The third-order valence-corrected chi connectivity index (χ3v) is 9.65. The van der Waals surface area contributed by atoms with Crippen molar-refractivity contribution < 1.29 is 4.42 Å². The summed E-state index contributed by atoms with van der Waals surface area (Å²) in [5.41, 5.74) is 6.49. The van der Waals surface area contributed by atoms with Gasteiger partial charge in [0.05, 0.1) is 16.6 Å². The van der Waals surface area contributed by atoms with Gasteiger partial charge < -0.3 is 13.6 Å². The second kappa shape index (κ2) is 10.1. The van der Waals surface area contributed by atoms with Crippen LogP contribution in [0.1, 0.15) is 0 Å². The lowest BCUT2D eigenvalue weighted by atomic mass is 9.94. The van der Waals surface area contributed by atoms with Crippen molar-refractivity contribution in [2.45, 2.75) is 0 Å². The van der Waals surface area contributed by atoms with E-state index in [4.69, 9.17) is 4.42 Å². The molecule has 47 heavy (non-hydrogen) atoms. The molecule has 8 aromatic carbocycles. The largest absolute Gasteiger partial charge is 0.461 e. The molecule has 2 heterocycles. The molecule has 0 atom stereocenters. The molecule has 0 aliphatic heterocycles. The minimum Gasteiger partial charge on any atom is -0.461 e. The smallest absolute Gasteiger partial charge is 0.151 e. The summed E-state index contributed by atoms with van der Waals surface area (Å²) in [5.74, 6) is 0. The lowest BCUT2D eigenvalue weighted by molar-refractivity contribution is 0.593. The second-order valence-corrected chi connectivity index (χ2v) is 12.2. The summed E-state index contributed by atoms with van der Waals surface area (Å²) in [4.78, 5) is 0. The molecule has 0 aliphatic rings. The molecule has 0 fully saturated rings. The van der Waals surface area contributed by atoms with Crippen LogP contribution in [0.4, 0.5) is 0 Å². The van der Waals surface area contributed by atoms with Crippen LogP contribution in [-0.2, 0) is 0 Å². The van der Waals surface area contributed by atoms with Crippen LogP contribution in [0.3, 0.4) is 0 Å². The summed E-state index contributed by atoms with van der Waals surface area (Å²) >= 11 is 0. The Balaban J connectivity index is 1.42. The number of benzene rings is 7. The maximum atomic E-state index is 6.21. The highest BCUT2D eigenvalue weighted by Crippen LogP contribution is 2.39. The third kappa shape index (κ3) is 3.87. The number of rotatable bonds is 2. The van der Waals surface area contributed by atoms with E-state index in [1.165, 1.54) is 59.5 Å². The summed E-state index contributed by atoms with van der Waals surface area (Å²) in [7, 11) is 0. The Labute approximate surface area is 270 Å². The normalized spacial score (nSPS) is 11.8. The van der Waals surface area contributed by atoms with Crippen LogP contribution < -0.4 is 0 Å². The first-order chi connectivity index (χ1) is 23.3. The van der Waals surface area contributed by atoms with Gasteiger partial charge in [-0.3, -0.25) is 0 Å². The predicted molar refractivity (Wildman–Crippen MR) is 198 cm³/mol. The fourth-order valence-electron chi connectivity index (χ4n) is 7.59. The van der Waals surface area contributed by atoms with Gasteiger partial charge in [-0.25, -0.2) is 0 Å². The lowest BCUT2D eigenvalue weighted by Crippen LogP contribution is -1.97. The fourth-order valence-corrected chi connectivity index (χ4v) is 7.59. The molecular formula is C44H28N2O. The van der Waals surface area contributed by atoms with Crippen molar-refractivity contribution in [3.05, 3.63) is 170 Å². The van der Waals surface area contributed by atoms with Crippen molar-refractivity contribution in [3.63, 3.8) is 0 Å². The van der Waals surface area contributed by atoms with Gasteiger partial charge in [0.15, 0.2) is 5.58 Å². The minimum absolute atomic E-state index is 0.835. The molecule has 0 N–H and O–H groups in total. The zero-order valence-corrected chi connectivity index (χ0v) is 25.5. The van der Waals surface area contributed by atoms with Crippen molar-refractivity contribution in [3.8, 4) is 11.4 Å². The molecule has 0 radical (unpaired) electrons. The van der Waals surface area contributed by atoms with Gasteiger partial charge in [-0.15, -0.1) is 0 Å². The fraction of sp³-hybridized carbons (Fsp3) is 0. The van der Waals surface area contributed by atoms with E-state index in [9.17, 15) is 0 Å². The molecule has 0 saturated carbocycles. The van der Waals surface area contributed by atoms with Crippen LogP contribution >= 0.6 is 0 Å². The van der Waals surface area contributed by atoms with Gasteiger partial charge in [-0.1, -0.05) is 109 Å². The predicted octanol–water partition coefficient (Wildman–Crippen LogP) is 12.1. The molecule has 0 aliphatic carbocycles. The summed E-state index contributed by atoms with van der Waals surface area (Å²) < 4.78 is 10.8. The molecule has 220 valence electrons. The Hall–Kier alpha value is -6.32. The van der Waals surface area contributed by atoms with E-state index >= 15 is 0 Å². The zero-order chi connectivity index (χ0) is 30.9. The number of nitrogens with zero attached hydrogens (tertiary/aromatic N) is 2. The number of aromatic nitrogens is 2. The van der Waals surface area contributed by atoms with E-state index in [-0.39, 0.29) is 0 Å². The van der Waals surface area contributed by atoms with Gasteiger partial charge in [0.1, 0.15) is 6.26 Å². The average Bonchev–Trinajstić information content (AvgIpc) is 3.48. The van der Waals surface area contributed by atoms with E-state index in [0.717, 1.165) is 27.9 Å². The van der Waals surface area contributed by atoms with Crippen LogP contribution in [0, 0.1) is 0 Å². The lowest BCUT2D eigenvalue weighted by Gasteiger charge is -2.15. The molecule has 2 aromatic heterocycles. The first kappa shape index (κ1) is 26.0. The van der Waals surface area contributed by atoms with Gasteiger partial charge in [0.25, 0.3) is 0 Å². The number of fused-ring (bicyclic) bond motifs is 12. The summed E-state index contributed by atoms with van der Waals surface area (Å²) in [5, 5.41) is 12.1. The summed E-state index contributed by atoms with van der Waals surface area (Å²) in [6, 6.07) is 57.0. The maximum Gasteiger partial charge on any atom is 0.151 e. The summed E-state index contributed by atoms with van der Waals surface area (Å²) in [6.45, 7) is 0. The molecule has 0 unspecified atom stereocenters. The molecule has 0 spiro atoms. The van der Waals surface area contributed by atoms with Crippen molar-refractivity contribution in [2.75, 3.05) is 0 Å². The van der Waals surface area contributed by atoms with E-state index in [1.807, 2.05) is 6.20 Å². The van der Waals surface area contributed by atoms with Gasteiger partial charge in [-0.2, -0.15) is 0 Å². The van der Waals surface area contributed by atoms with Gasteiger partial charge in [0, 0.05) is 28.3 Å². The molecule has 0 amide bonds. The summed E-state index contributed by atoms with van der Waals surface area (Å²) in [6.07, 6.45) is 3.78. The van der Waals surface area contributed by atoms with E-state index in [2.05, 4.69) is 167 Å². The first-order valence-corrected chi connectivity index (χ1v) is 16.0. The van der Waals surface area contributed by atoms with Crippen LogP contribution in [0.5, 0.6) is 0 Å². The SMILES string of the molecule is c1ccc(-n2ccoc3cc4c5ccccc5c5ccccc5c5cc(-n6c7ccccc7c7ccccc76)ccc5c4cc32)cc1. The van der Waals surface area contributed by atoms with Gasteiger partial charge in [0.2, 0.25) is 0 Å². The first-order valence-electron chi connectivity index (χ1n) is 16.0. The second-order valence-electron chi connectivity index (χ2n) is 12.2. The Kier molecular flexibility index (Phi) is 5.57. The van der Waals surface area contributed by atoms with Crippen molar-refractivity contribution >= 4 is 76.0 Å². The van der Waals surface area contributed by atoms with Crippen molar-refractivity contribution in [1.29, 1.82) is 0 Å². The zero-order valence-electron chi connectivity index (χ0n) is 25.5. The van der Waals surface area contributed by atoms with Crippen molar-refractivity contribution in [2.24, 2.45) is 0 Å². The van der Waals surface area contributed by atoms with E-state index in [1.54, 1.807) is 6.26 Å². The van der Waals surface area contributed by atoms with Crippen LogP contribution in [-0.4, -0.2) is 9.13 Å². The maximum absolute atomic E-state index is 6.21. The average molecular weight is 601 g/mol. The van der Waals surface area contributed by atoms with Crippen LogP contribution in [0.15, 0.2) is 175 Å². The highest BCUT2D eigenvalue weighted by molar-refractivity contribution is 6.27. The Bertz CT molecular complexity index is 2850. The van der Waals surface area contributed by atoms with Crippen molar-refractivity contribution in [1.82, 2.24) is 9.13 Å². The molecule has 10 rings (SSSR count). The standard InChI is InChI=1S/C44H28N2O/c1-2-12-29(13-3-1)45-24-25-47-44-28-40-34-17-7-5-15-32(34)31-14-4-6-16-33(31)38-26-30(22-23-35(38)39(40)27-43(44)45)46-41-20-10-8-18-36(41)37-19-9-11-21-42(37)46/h1-28H. The number of hydrogen-bond acceptors (Lipinski definition) is 1. The molecule has 10 aromatic rings. The Morgan fingerprint density at radius 3 is 1.47 bits per heavy atom. The number of hydrogen-bond donors (Lipinski definition) is 0. The quantitative estimate of drug-likeness (QED) is 0.194. The molecular weight excluding hydrogens is 572 g/mol. The van der Waals surface area contributed by atoms with E-state index in [0.29, 0.717) is 0 Å². The minimum atomic E-state index is 0.835. The number of para-hydroxylation sites is 3. The highest BCUT2D eigenvalue weighted by Gasteiger charge is 2.15. The molecule has 3 heteroatoms. The highest BCUT2D eigenvalue weighted by atomic mass is 16.3. The van der Waals surface area contributed by atoms with Crippen LogP contribution in [0.25, 0.3) is 87.4 Å². The third-order valence-electron chi connectivity index (χ3n) is 9.65. The molecule has 0 bridgehead atoms. The van der Waals surface area contributed by atoms with Gasteiger partial charge >= 0.3 is 0 Å². The molecule has 0 saturated heterocycles. The van der Waals surface area contributed by atoms with E-state index < -0.39 is 0 Å². The Morgan fingerprint density at radius 2 is 0.830 bits per heavy atom. The van der Waals surface area contributed by atoms with Crippen LogP contribution in [0.2, 0.25) is 0 Å². The topological polar surface area (TPSA) is 23.0 Å². The van der Waals surface area contributed by atoms with Gasteiger partial charge in [-0.05, 0) is 91.6 Å².